The molecule has 0 aliphatic heterocycles. The van der Waals surface area contributed by atoms with Crippen molar-refractivity contribution in [1.29, 1.82) is 0 Å². The molecule has 0 radical (unpaired) electrons. The minimum absolute atomic E-state index is 0.00461. The van der Waals surface area contributed by atoms with Crippen molar-refractivity contribution in [2.24, 2.45) is 5.73 Å². The van der Waals surface area contributed by atoms with E-state index in [9.17, 15) is 4.79 Å². The van der Waals surface area contributed by atoms with Gasteiger partial charge < -0.3 is 10.6 Å². The first-order valence-electron chi connectivity index (χ1n) is 6.04. The van der Waals surface area contributed by atoms with Crippen LogP contribution in [0.3, 0.4) is 0 Å². The molecule has 0 atom stereocenters. The van der Waals surface area contributed by atoms with Crippen LogP contribution in [0.2, 0.25) is 0 Å². The molecule has 3 nitrogen and oxygen atoms in total. The van der Waals surface area contributed by atoms with E-state index < -0.39 is 0 Å². The molecule has 0 saturated heterocycles. The van der Waals surface area contributed by atoms with Crippen molar-refractivity contribution < 1.29 is 4.79 Å². The van der Waals surface area contributed by atoms with Gasteiger partial charge in [0, 0.05) is 18.7 Å². The maximum Gasteiger partial charge on any atom is 0.255 e. The van der Waals surface area contributed by atoms with Gasteiger partial charge in [-0.05, 0) is 32.9 Å². The molecule has 96 valence electrons. The fourth-order valence-corrected chi connectivity index (χ4v) is 1.51. The molecule has 1 amide bonds. The first kappa shape index (κ1) is 14.3. The van der Waals surface area contributed by atoms with Crippen LogP contribution in [0.15, 0.2) is 18.2 Å². The van der Waals surface area contributed by atoms with Crippen molar-refractivity contribution in [3.8, 4) is 11.8 Å². The lowest BCUT2D eigenvalue weighted by molar-refractivity contribution is 0.0754. The van der Waals surface area contributed by atoms with Crippen LogP contribution < -0.4 is 5.73 Å². The summed E-state index contributed by atoms with van der Waals surface area (Å²) in [6.45, 7) is 6.23. The Morgan fingerprint density at radius 2 is 2.11 bits per heavy atom. The summed E-state index contributed by atoms with van der Waals surface area (Å²) in [7, 11) is 1.80. The molecule has 0 aliphatic rings. The van der Waals surface area contributed by atoms with E-state index in [0.29, 0.717) is 12.1 Å². The average Bonchev–Trinajstić information content (AvgIpc) is 2.35. The second-order valence-corrected chi connectivity index (χ2v) is 4.56. The molecule has 1 rings (SSSR count). The Hall–Kier alpha value is -1.79. The van der Waals surface area contributed by atoms with E-state index in [1.54, 1.807) is 11.9 Å². The van der Waals surface area contributed by atoms with E-state index in [1.807, 2.05) is 39.0 Å². The van der Waals surface area contributed by atoms with Gasteiger partial charge in [0.05, 0.1) is 12.1 Å². The normalized spacial score (nSPS) is 9.89. The number of hydrogen-bond acceptors (Lipinski definition) is 2. The number of nitrogens with zero attached hydrogens (tertiary/aromatic N) is 1. The number of rotatable bonds is 2. The Morgan fingerprint density at radius 3 is 2.67 bits per heavy atom. The van der Waals surface area contributed by atoms with E-state index in [4.69, 9.17) is 5.73 Å². The monoisotopic (exact) mass is 244 g/mol. The molecule has 1 aromatic rings. The lowest BCUT2D eigenvalue weighted by Crippen LogP contribution is -2.33. The molecule has 18 heavy (non-hydrogen) atoms. The summed E-state index contributed by atoms with van der Waals surface area (Å²) in [5, 5.41) is 0. The van der Waals surface area contributed by atoms with Gasteiger partial charge in [0.25, 0.3) is 5.91 Å². The first-order valence-corrected chi connectivity index (χ1v) is 6.04. The van der Waals surface area contributed by atoms with Crippen LogP contribution in [-0.2, 0) is 0 Å². The molecule has 3 heteroatoms. The molecule has 0 bridgehead atoms. The third kappa shape index (κ3) is 3.35. The summed E-state index contributed by atoms with van der Waals surface area (Å²) in [6.07, 6.45) is 0. The van der Waals surface area contributed by atoms with Crippen molar-refractivity contribution in [2.75, 3.05) is 13.6 Å². The highest BCUT2D eigenvalue weighted by atomic mass is 16.2. The standard InChI is InChI=1S/C15H20N2O/c1-11(2)17(4)15(18)14-10-12(3)7-8-13(14)6-5-9-16/h7-8,10-11H,9,16H2,1-4H3. The molecule has 0 spiro atoms. The zero-order chi connectivity index (χ0) is 13.7. The number of aryl methyl sites for hydroxylation is 1. The van der Waals surface area contributed by atoms with Crippen LogP contribution in [0.4, 0.5) is 0 Å². The van der Waals surface area contributed by atoms with Gasteiger partial charge in [-0.3, -0.25) is 4.79 Å². The summed E-state index contributed by atoms with van der Waals surface area (Å²) in [4.78, 5) is 14.1. The number of carbonyl (C=O) groups is 1. The molecule has 0 saturated carbocycles. The minimum Gasteiger partial charge on any atom is -0.339 e. The maximum atomic E-state index is 12.3. The zero-order valence-corrected chi connectivity index (χ0v) is 11.4. The van der Waals surface area contributed by atoms with Crippen LogP contribution in [0.25, 0.3) is 0 Å². The highest BCUT2D eigenvalue weighted by Gasteiger charge is 2.17. The molecule has 0 fully saturated rings. The van der Waals surface area contributed by atoms with Crippen molar-refractivity contribution in [1.82, 2.24) is 4.90 Å². The molecule has 2 N–H and O–H groups in total. The molecular weight excluding hydrogens is 224 g/mol. The third-order valence-corrected chi connectivity index (χ3v) is 2.83. The second kappa shape index (κ2) is 6.23. The van der Waals surface area contributed by atoms with Gasteiger partial charge in [-0.15, -0.1) is 0 Å². The number of carbonyl (C=O) groups excluding carboxylic acids is 1. The lowest BCUT2D eigenvalue weighted by Gasteiger charge is -2.22. The van der Waals surface area contributed by atoms with Gasteiger partial charge in [0.2, 0.25) is 0 Å². The largest absolute Gasteiger partial charge is 0.339 e. The zero-order valence-electron chi connectivity index (χ0n) is 11.4. The minimum atomic E-state index is -0.00461. The smallest absolute Gasteiger partial charge is 0.255 e. The summed E-state index contributed by atoms with van der Waals surface area (Å²) in [5.74, 6) is 5.74. The highest BCUT2D eigenvalue weighted by Crippen LogP contribution is 2.14. The molecule has 0 unspecified atom stereocenters. The second-order valence-electron chi connectivity index (χ2n) is 4.56. The number of hydrogen-bond donors (Lipinski definition) is 1. The van der Waals surface area contributed by atoms with Crippen LogP contribution >= 0.6 is 0 Å². The maximum absolute atomic E-state index is 12.3. The van der Waals surface area contributed by atoms with Crippen LogP contribution in [0.5, 0.6) is 0 Å². The molecular formula is C15H20N2O. The SMILES string of the molecule is Cc1ccc(C#CCN)c(C(=O)N(C)C(C)C)c1. The Balaban J connectivity index is 3.20. The average molecular weight is 244 g/mol. The fourth-order valence-electron chi connectivity index (χ4n) is 1.51. The van der Waals surface area contributed by atoms with Gasteiger partial charge in [0.1, 0.15) is 0 Å². The number of amides is 1. The predicted molar refractivity (Wildman–Crippen MR) is 74.3 cm³/mol. The van der Waals surface area contributed by atoms with Crippen molar-refractivity contribution >= 4 is 5.91 Å². The Kier molecular flexibility index (Phi) is 4.94. The van der Waals surface area contributed by atoms with E-state index >= 15 is 0 Å². The summed E-state index contributed by atoms with van der Waals surface area (Å²) < 4.78 is 0. The van der Waals surface area contributed by atoms with Crippen LogP contribution in [0.1, 0.15) is 35.3 Å². The van der Waals surface area contributed by atoms with Gasteiger partial charge in [0.15, 0.2) is 0 Å². The Morgan fingerprint density at radius 1 is 1.44 bits per heavy atom. The fraction of sp³-hybridized carbons (Fsp3) is 0.400. The van der Waals surface area contributed by atoms with E-state index in [1.165, 1.54) is 0 Å². The summed E-state index contributed by atoms with van der Waals surface area (Å²) >= 11 is 0. The van der Waals surface area contributed by atoms with Gasteiger partial charge in [-0.1, -0.05) is 23.5 Å². The highest BCUT2D eigenvalue weighted by molar-refractivity contribution is 5.97. The van der Waals surface area contributed by atoms with Crippen LogP contribution in [-0.4, -0.2) is 30.4 Å². The van der Waals surface area contributed by atoms with E-state index in [0.717, 1.165) is 11.1 Å². The van der Waals surface area contributed by atoms with Gasteiger partial charge in [-0.2, -0.15) is 0 Å². The molecule has 0 aliphatic carbocycles. The predicted octanol–water partition coefficient (Wildman–Crippen LogP) is 1.79. The van der Waals surface area contributed by atoms with Crippen molar-refractivity contribution in [3.05, 3.63) is 34.9 Å². The quantitative estimate of drug-likeness (QED) is 0.806. The number of benzene rings is 1. The topological polar surface area (TPSA) is 46.3 Å². The van der Waals surface area contributed by atoms with Gasteiger partial charge in [-0.25, -0.2) is 0 Å². The van der Waals surface area contributed by atoms with Crippen LogP contribution in [0, 0.1) is 18.8 Å². The van der Waals surface area contributed by atoms with Crippen molar-refractivity contribution in [3.63, 3.8) is 0 Å². The molecule has 1 aromatic carbocycles. The van der Waals surface area contributed by atoms with Crippen molar-refractivity contribution in [2.45, 2.75) is 26.8 Å². The van der Waals surface area contributed by atoms with E-state index in [-0.39, 0.29) is 11.9 Å². The summed E-state index contributed by atoms with van der Waals surface area (Å²) in [6, 6.07) is 5.86. The van der Waals surface area contributed by atoms with Gasteiger partial charge >= 0.3 is 0 Å². The number of nitrogens with two attached hydrogens (primary N) is 1. The third-order valence-electron chi connectivity index (χ3n) is 2.83. The summed E-state index contributed by atoms with van der Waals surface area (Å²) in [5.41, 5.74) is 7.81. The molecule has 0 heterocycles. The van der Waals surface area contributed by atoms with E-state index in [2.05, 4.69) is 11.8 Å². The Bertz CT molecular complexity index is 495. The first-order chi connectivity index (χ1) is 8.47. The molecule has 0 aromatic heterocycles. The lowest BCUT2D eigenvalue weighted by atomic mass is 10.0. The Labute approximate surface area is 109 Å².